The Labute approximate surface area is 332 Å². The largest absolute Gasteiger partial charge is 0.506 e. The van der Waals surface area contributed by atoms with Crippen LogP contribution in [0.2, 0.25) is 0 Å². The highest BCUT2D eigenvalue weighted by molar-refractivity contribution is 9.11. The van der Waals surface area contributed by atoms with Crippen LogP contribution in [0.5, 0.6) is 5.75 Å². The van der Waals surface area contributed by atoms with Crippen LogP contribution in [0, 0.1) is 12.8 Å². The van der Waals surface area contributed by atoms with Crippen molar-refractivity contribution in [2.75, 3.05) is 38.2 Å². The van der Waals surface area contributed by atoms with E-state index in [-0.39, 0.29) is 23.8 Å². The van der Waals surface area contributed by atoms with Crippen molar-refractivity contribution in [1.82, 2.24) is 4.90 Å². The molecule has 2 aliphatic rings. The zero-order valence-corrected chi connectivity index (χ0v) is 36.5. The Morgan fingerprint density at radius 1 is 0.981 bits per heavy atom. The third-order valence-electron chi connectivity index (χ3n) is 7.63. The van der Waals surface area contributed by atoms with Gasteiger partial charge in [0.15, 0.2) is 0 Å². The van der Waals surface area contributed by atoms with Crippen LogP contribution in [0.1, 0.15) is 124 Å². The Balaban J connectivity index is 0. The fourth-order valence-electron chi connectivity index (χ4n) is 5.02. The van der Waals surface area contributed by atoms with Crippen LogP contribution in [-0.4, -0.2) is 67.2 Å². The number of carbonyl (C=O) groups is 3. The van der Waals surface area contributed by atoms with Crippen molar-refractivity contribution in [2.45, 2.75) is 132 Å². The average molecular weight is 860 g/mol. The Hall–Kier alpha value is -2.47. The highest BCUT2D eigenvalue weighted by Gasteiger charge is 2.20. The third-order valence-corrected chi connectivity index (χ3v) is 8.84. The minimum absolute atomic E-state index is 0.139. The number of aryl methyl sites for hydroxylation is 2. The van der Waals surface area contributed by atoms with E-state index in [9.17, 15) is 14.7 Å². The van der Waals surface area contributed by atoms with Crippen LogP contribution in [0.4, 0.5) is 10.5 Å². The van der Waals surface area contributed by atoms with Gasteiger partial charge in [0.05, 0.1) is 15.6 Å². The number of likely N-dealkylation sites (tertiary alicyclic amines) is 1. The number of carbonyl (C=O) groups excluding carboxylic acids is 3. The van der Waals surface area contributed by atoms with Crippen LogP contribution >= 0.6 is 31.9 Å². The van der Waals surface area contributed by atoms with Crippen molar-refractivity contribution in [3.8, 4) is 5.75 Å². The highest BCUT2D eigenvalue weighted by atomic mass is 79.9. The number of aromatic hydroxyl groups is 1. The average Bonchev–Trinajstić information content (AvgIpc) is 3.30. The first-order chi connectivity index (χ1) is 24.8. The maximum Gasteiger partial charge on any atom is 0.409 e. The first kappa shape index (κ1) is 51.6. The molecule has 2 aromatic rings. The van der Waals surface area contributed by atoms with Crippen LogP contribution in [0.25, 0.3) is 0 Å². The summed E-state index contributed by atoms with van der Waals surface area (Å²) in [5, 5.41) is 12.1. The van der Waals surface area contributed by atoms with Crippen molar-refractivity contribution >= 4 is 55.8 Å². The summed E-state index contributed by atoms with van der Waals surface area (Å²) in [6.45, 7) is 20.1. The molecule has 0 aromatic heterocycles. The van der Waals surface area contributed by atoms with Gasteiger partial charge in [-0.15, -0.1) is 0 Å². The Kier molecular flexibility index (Phi) is 34.1. The number of para-hydroxylation sites is 1. The molecule has 1 saturated heterocycles. The van der Waals surface area contributed by atoms with E-state index in [0.29, 0.717) is 13.0 Å². The summed E-state index contributed by atoms with van der Waals surface area (Å²) in [6, 6.07) is 12.0. The molecule has 2 heterocycles. The molecular formula is C41H69Br2N3O6. The van der Waals surface area contributed by atoms with E-state index in [1.807, 2.05) is 44.2 Å². The molecule has 52 heavy (non-hydrogen) atoms. The number of nitrogens with one attached hydrogen (secondary N) is 1. The second kappa shape index (κ2) is 34.3. The maximum atomic E-state index is 11.2. The molecule has 11 heteroatoms. The van der Waals surface area contributed by atoms with Gasteiger partial charge in [0.2, 0.25) is 5.91 Å². The van der Waals surface area contributed by atoms with E-state index >= 15 is 0 Å². The number of piperidine rings is 1. The maximum absolute atomic E-state index is 11.2. The minimum atomic E-state index is -0.204. The lowest BCUT2D eigenvalue weighted by atomic mass is 10.0. The first-order valence-electron chi connectivity index (χ1n) is 19.0. The molecular weight excluding hydrogens is 790 g/mol. The summed E-state index contributed by atoms with van der Waals surface area (Å²) in [5.41, 5.74) is 9.04. The summed E-state index contributed by atoms with van der Waals surface area (Å²) in [4.78, 5) is 32.8. The zero-order valence-electron chi connectivity index (χ0n) is 33.3. The minimum Gasteiger partial charge on any atom is -0.506 e. The summed E-state index contributed by atoms with van der Waals surface area (Å²) in [6.07, 6.45) is 12.7. The highest BCUT2D eigenvalue weighted by Crippen LogP contribution is 2.32. The molecule has 2 aromatic carbocycles. The topological polar surface area (TPSA) is 131 Å². The van der Waals surface area contributed by atoms with Gasteiger partial charge in [0, 0.05) is 44.5 Å². The molecule has 4 N–H and O–H groups in total. The van der Waals surface area contributed by atoms with Gasteiger partial charge < -0.3 is 35.3 Å². The second-order valence-corrected chi connectivity index (χ2v) is 14.4. The summed E-state index contributed by atoms with van der Waals surface area (Å²) in [5.74, 6) is 1.36. The number of nitrogens with zero attached hydrogens (tertiary/aromatic N) is 1. The Morgan fingerprint density at radius 2 is 1.50 bits per heavy atom. The Morgan fingerprint density at radius 3 is 1.98 bits per heavy atom. The second-order valence-electron chi connectivity index (χ2n) is 12.7. The number of halogens is 2. The molecule has 0 unspecified atom stereocenters. The molecule has 0 radical (unpaired) electrons. The first-order valence-corrected chi connectivity index (χ1v) is 20.6. The number of ether oxygens (including phenoxy) is 2. The predicted molar refractivity (Wildman–Crippen MR) is 224 cm³/mol. The van der Waals surface area contributed by atoms with Gasteiger partial charge in [0.25, 0.3) is 0 Å². The number of amides is 2. The fourth-order valence-corrected chi connectivity index (χ4v) is 6.44. The van der Waals surface area contributed by atoms with Gasteiger partial charge in [-0.25, -0.2) is 4.79 Å². The smallest absolute Gasteiger partial charge is 0.409 e. The standard InChI is InChI=1S/C10H11NO.C8H16N2O2.C8H18.C7H6Br2O.C6H14O.C2H4O/c12-10-7-3-5-8-4-1-2-6-9(8)11-10;1-2-12-8(11)10-5-3-7(9)4-6-10;1-4-6-8(3)7-5-2;1-4-2-5(8)7(10)6(9)3-4;1-3-5-7-6-4-2;1-2-3/h1-2,4,6H,3,5,7H2,(H,11,12);7H,2-6,9H2,1H3;8H,4-7H2,1-3H3;2-3,10H,1H3;3-6H2,1-2H3;2H,1H3. The molecule has 1 fully saturated rings. The summed E-state index contributed by atoms with van der Waals surface area (Å²) < 4.78 is 11.4. The summed E-state index contributed by atoms with van der Waals surface area (Å²) >= 11 is 6.43. The van der Waals surface area contributed by atoms with E-state index in [1.165, 1.54) is 38.2 Å². The van der Waals surface area contributed by atoms with E-state index in [0.717, 1.165) is 97.2 Å². The van der Waals surface area contributed by atoms with Crippen LogP contribution in [-0.2, 0) is 25.5 Å². The van der Waals surface area contributed by atoms with Gasteiger partial charge in [-0.3, -0.25) is 4.79 Å². The van der Waals surface area contributed by atoms with Crippen LogP contribution in [0.15, 0.2) is 45.3 Å². The molecule has 0 saturated carbocycles. The number of aldehydes is 1. The number of anilines is 1. The number of hydrogen-bond donors (Lipinski definition) is 3. The van der Waals surface area contributed by atoms with Gasteiger partial charge in [0.1, 0.15) is 12.0 Å². The number of phenolic OH excluding ortho intramolecular Hbond substituents is 1. The lowest BCUT2D eigenvalue weighted by Gasteiger charge is -2.29. The van der Waals surface area contributed by atoms with Crippen molar-refractivity contribution in [1.29, 1.82) is 0 Å². The lowest BCUT2D eigenvalue weighted by molar-refractivity contribution is -0.116. The van der Waals surface area contributed by atoms with Gasteiger partial charge >= 0.3 is 6.09 Å². The van der Waals surface area contributed by atoms with Crippen molar-refractivity contribution in [3.63, 3.8) is 0 Å². The number of nitrogens with two attached hydrogens (primary N) is 1. The normalized spacial score (nSPS) is 13.2. The number of benzene rings is 2. The fraction of sp³-hybridized carbons (Fsp3) is 0.634. The molecule has 0 aliphatic carbocycles. The SMILES string of the molecule is CC=O.CCCC(C)CCC.CCCOCCC.CCOC(=O)N1CCC(N)CC1.Cc1cc(Br)c(O)c(Br)c1.O=C1CCCc2ccccc2N1. The molecule has 2 amide bonds. The number of phenols is 1. The van der Waals surface area contributed by atoms with Gasteiger partial charge in [-0.2, -0.15) is 0 Å². The molecule has 0 spiro atoms. The molecule has 9 nitrogen and oxygen atoms in total. The van der Waals surface area contributed by atoms with Gasteiger partial charge in [-0.1, -0.05) is 78.5 Å². The lowest BCUT2D eigenvalue weighted by Crippen LogP contribution is -2.43. The van der Waals surface area contributed by atoms with Crippen molar-refractivity contribution in [2.24, 2.45) is 11.7 Å². The predicted octanol–water partition coefficient (Wildman–Crippen LogP) is 11.0. The third kappa shape index (κ3) is 27.2. The number of rotatable bonds is 9. The zero-order chi connectivity index (χ0) is 39.7. The van der Waals surface area contributed by atoms with Crippen molar-refractivity contribution < 1.29 is 29.0 Å². The van der Waals surface area contributed by atoms with E-state index in [1.54, 1.807) is 4.90 Å². The summed E-state index contributed by atoms with van der Waals surface area (Å²) in [7, 11) is 0. The van der Waals surface area contributed by atoms with Gasteiger partial charge in [-0.05, 0) is 126 Å². The van der Waals surface area contributed by atoms with Crippen molar-refractivity contribution in [3.05, 3.63) is 56.5 Å². The molecule has 0 bridgehead atoms. The van der Waals surface area contributed by atoms with E-state index in [2.05, 4.69) is 77.9 Å². The number of fused-ring (bicyclic) bond motifs is 1. The number of hydrogen-bond acceptors (Lipinski definition) is 7. The quantitative estimate of drug-likeness (QED) is 0.169. The molecule has 298 valence electrons. The van der Waals surface area contributed by atoms with E-state index < -0.39 is 0 Å². The monoisotopic (exact) mass is 857 g/mol. The van der Waals surface area contributed by atoms with Crippen LogP contribution < -0.4 is 11.1 Å². The Bertz CT molecular complexity index is 1180. The molecule has 2 aliphatic heterocycles. The molecule has 4 rings (SSSR count). The molecule has 0 atom stereocenters. The van der Waals surface area contributed by atoms with E-state index in [4.69, 9.17) is 20.0 Å². The van der Waals surface area contributed by atoms with Crippen LogP contribution in [0.3, 0.4) is 0 Å².